The fraction of sp³-hybridized carbons (Fsp3) is 0.0370. The smallest absolute Gasteiger partial charge is 0.295 e. The van der Waals surface area contributed by atoms with E-state index in [0.29, 0.717) is 0 Å². The first-order chi connectivity index (χ1) is 42.7. The summed E-state index contributed by atoms with van der Waals surface area (Å²) in [6.07, 6.45) is 4.45. The molecule has 37 heteroatoms. The average molecular weight is 1360 g/mol. The lowest BCUT2D eigenvalue weighted by atomic mass is 10.1. The molecule has 0 radical (unpaired) electrons. The van der Waals surface area contributed by atoms with Crippen molar-refractivity contribution in [3.05, 3.63) is 180 Å². The number of aromatic nitrogens is 2. The van der Waals surface area contributed by atoms with Crippen molar-refractivity contribution in [1.82, 2.24) is 9.71 Å². The van der Waals surface area contributed by atoms with Crippen LogP contribution in [0.4, 0.5) is 45.5 Å². The summed E-state index contributed by atoms with van der Waals surface area (Å²) < 4.78 is 224. The van der Waals surface area contributed by atoms with E-state index in [4.69, 9.17) is 14.1 Å². The highest BCUT2D eigenvalue weighted by molar-refractivity contribution is 7.87. The van der Waals surface area contributed by atoms with Crippen molar-refractivity contribution in [3.8, 4) is 22.9 Å². The van der Waals surface area contributed by atoms with Crippen molar-refractivity contribution < 1.29 is 91.9 Å². The zero-order valence-electron chi connectivity index (χ0n) is 46.0. The summed E-state index contributed by atoms with van der Waals surface area (Å²) in [5.41, 5.74) is -0.153. The van der Waals surface area contributed by atoms with Crippen LogP contribution in [0.25, 0.3) is 35.7 Å². The maximum absolute atomic E-state index is 12.8. The molecule has 0 unspecified atom stereocenters. The van der Waals surface area contributed by atoms with Gasteiger partial charge >= 0.3 is 0 Å². The highest BCUT2D eigenvalue weighted by Crippen LogP contribution is 2.38. The van der Waals surface area contributed by atoms with Gasteiger partial charge in [-0.1, -0.05) is 70.4 Å². The summed E-state index contributed by atoms with van der Waals surface area (Å²) in [6, 6.07) is 32.5. The Kier molecular flexibility index (Phi) is 18.7. The van der Waals surface area contributed by atoms with Crippen LogP contribution in [-0.2, 0) is 60.7 Å². The Bertz CT molecular complexity index is 4970. The highest BCUT2D eigenvalue weighted by Gasteiger charge is 2.25. The number of benzene rings is 8. The predicted octanol–water partition coefficient (Wildman–Crippen LogP) is 12.4. The minimum Gasteiger partial charge on any atom is -0.494 e. The lowest BCUT2D eigenvalue weighted by Crippen LogP contribution is -2.04. The molecule has 0 atom stereocenters. The number of hydrogen-bond acceptors (Lipinski definition) is 23. The average Bonchev–Trinajstić information content (AvgIpc) is 1.75. The van der Waals surface area contributed by atoms with Crippen LogP contribution in [0.1, 0.15) is 22.3 Å². The van der Waals surface area contributed by atoms with E-state index < -0.39 is 90.1 Å². The molecular formula is C54H42N10O21S6. The second-order valence-electron chi connectivity index (χ2n) is 18.5. The molecule has 91 heavy (non-hydrogen) atoms. The van der Waals surface area contributed by atoms with Crippen molar-refractivity contribution in [2.75, 3.05) is 14.2 Å². The first kappa shape index (κ1) is 65.5. The van der Waals surface area contributed by atoms with Crippen LogP contribution in [0, 0.1) is 0 Å². The zero-order chi connectivity index (χ0) is 65.8. The predicted molar refractivity (Wildman–Crippen MR) is 323 cm³/mol. The molecule has 470 valence electrons. The Morgan fingerprint density at radius 3 is 0.934 bits per heavy atom. The number of rotatable bonds is 22. The van der Waals surface area contributed by atoms with Crippen molar-refractivity contribution in [3.63, 3.8) is 0 Å². The molecule has 9 rings (SSSR count). The minimum atomic E-state index is -5.07. The van der Waals surface area contributed by atoms with E-state index in [1.165, 1.54) is 136 Å². The molecule has 0 bridgehead atoms. The van der Waals surface area contributed by atoms with Crippen molar-refractivity contribution in [2.24, 2.45) is 40.9 Å². The first-order valence-electron chi connectivity index (χ1n) is 25.0. The molecule has 9 aromatic rings. The fourth-order valence-corrected chi connectivity index (χ4v) is 12.0. The Balaban J connectivity index is 0.911. The number of hydrogen-bond donors (Lipinski definition) is 6. The summed E-state index contributed by atoms with van der Waals surface area (Å²) in [5.74, 6) is 0.250. The fourth-order valence-electron chi connectivity index (χ4n) is 8.11. The Hall–Kier alpha value is -9.90. The van der Waals surface area contributed by atoms with E-state index in [1.807, 2.05) is 0 Å². The van der Waals surface area contributed by atoms with Gasteiger partial charge in [0.25, 0.3) is 60.7 Å². The van der Waals surface area contributed by atoms with Gasteiger partial charge in [0.1, 0.15) is 53.8 Å². The van der Waals surface area contributed by atoms with Crippen molar-refractivity contribution in [2.45, 2.75) is 29.4 Å². The van der Waals surface area contributed by atoms with Gasteiger partial charge in [0.2, 0.25) is 0 Å². The van der Waals surface area contributed by atoms with Crippen LogP contribution in [0.15, 0.2) is 233 Å². The van der Waals surface area contributed by atoms with E-state index >= 15 is 0 Å². The summed E-state index contributed by atoms with van der Waals surface area (Å²) >= 11 is 0. The second kappa shape index (κ2) is 25.9. The van der Waals surface area contributed by atoms with Crippen LogP contribution < -0.4 is 9.47 Å². The lowest BCUT2D eigenvalue weighted by Gasteiger charge is -2.07. The molecule has 0 saturated heterocycles. The monoisotopic (exact) mass is 1360 g/mol. The SMILES string of the molecule is COc1cc(N=Nc2cccc(S(=O)(=O)O)c2)ccc1N=Nc1ccc(C=Cc2ccc(-n3on3-c3ccc(C=Cc4ccc(N=Nc5ccc(N=Nc6cccc(S(=O)(=O)O)c6)cc5OC)cc4S(=O)(=O)O)c(S(=O)(=O)O)c3)cc2S(=O)(=O)O)c(S(=O)(=O)O)c1. The van der Waals surface area contributed by atoms with Crippen molar-refractivity contribution in [1.29, 1.82) is 0 Å². The molecule has 0 fully saturated rings. The van der Waals surface area contributed by atoms with E-state index in [-0.39, 0.29) is 90.6 Å². The van der Waals surface area contributed by atoms with Gasteiger partial charge in [-0.05, 0) is 131 Å². The largest absolute Gasteiger partial charge is 0.494 e. The Morgan fingerprint density at radius 2 is 0.615 bits per heavy atom. The summed E-state index contributed by atoms with van der Waals surface area (Å²) in [6.45, 7) is 0. The number of nitrogens with zero attached hydrogens (tertiary/aromatic N) is 10. The van der Waals surface area contributed by atoms with E-state index in [2.05, 4.69) is 40.9 Å². The minimum absolute atomic E-state index is 0.0715. The third-order valence-corrected chi connectivity index (χ3v) is 17.7. The van der Waals surface area contributed by atoms with E-state index in [1.54, 1.807) is 0 Å². The quantitative estimate of drug-likeness (QED) is 0.0208. The lowest BCUT2D eigenvalue weighted by molar-refractivity contribution is 0.416. The van der Waals surface area contributed by atoms with Crippen LogP contribution in [-0.4, -0.2) is 102 Å². The molecule has 6 N–H and O–H groups in total. The highest BCUT2D eigenvalue weighted by atomic mass is 32.2. The molecule has 31 nitrogen and oxygen atoms in total. The van der Waals surface area contributed by atoms with Crippen molar-refractivity contribution >= 4 is 131 Å². The van der Waals surface area contributed by atoms with E-state index in [0.717, 1.165) is 70.4 Å². The molecule has 0 aliphatic heterocycles. The summed E-state index contributed by atoms with van der Waals surface area (Å²) in [5, 5.41) is 32.3. The van der Waals surface area contributed by atoms with Gasteiger partial charge in [0, 0.05) is 12.1 Å². The van der Waals surface area contributed by atoms with Gasteiger partial charge in [-0.3, -0.25) is 27.3 Å². The molecule has 0 saturated carbocycles. The molecule has 8 aromatic carbocycles. The third-order valence-electron chi connectivity index (χ3n) is 12.4. The summed E-state index contributed by atoms with van der Waals surface area (Å²) in [4.78, 5) is -1.74. The molecule has 0 spiro atoms. The maximum Gasteiger partial charge on any atom is 0.295 e. The molecule has 1 heterocycles. The number of ether oxygens (including phenoxy) is 2. The topological polar surface area (TPSA) is 467 Å². The first-order valence-corrected chi connectivity index (χ1v) is 33.7. The molecule has 0 aliphatic carbocycles. The van der Waals surface area contributed by atoms with Gasteiger partial charge in [-0.2, -0.15) is 81.2 Å². The Morgan fingerprint density at radius 1 is 0.330 bits per heavy atom. The number of methoxy groups -OCH3 is 2. The second-order valence-corrected chi connectivity index (χ2v) is 26.9. The maximum atomic E-state index is 12.8. The van der Waals surface area contributed by atoms with Gasteiger partial charge in [-0.25, -0.2) is 4.63 Å². The summed E-state index contributed by atoms with van der Waals surface area (Å²) in [7, 11) is -26.5. The van der Waals surface area contributed by atoms with Gasteiger partial charge < -0.3 is 9.47 Å². The zero-order valence-corrected chi connectivity index (χ0v) is 50.9. The molecule has 0 amide bonds. The molecule has 0 aliphatic rings. The van der Waals surface area contributed by atoms with Crippen LogP contribution >= 0.6 is 0 Å². The molecule has 1 aromatic heterocycles. The van der Waals surface area contributed by atoms with Gasteiger partial charge in [0.15, 0.2) is 0 Å². The van der Waals surface area contributed by atoms with Crippen LogP contribution in [0.3, 0.4) is 0 Å². The standard InChI is InChI=1S/C54H42N10O21S6/c1-83-49-27-39(57-55-37-5-3-7-45(25-37)86(65,66)67)19-23-47(49)61-59-41-17-13-33(51(29-41)88(71,72)73)9-11-35-15-21-43(31-53(35)90(77,78)79)63-64(85-63)44-22-16-36(54(32-44)91(80,81)82)12-10-34-14-18-42(30-52(34)89(74,75)76)60-62-48-24-20-40(28-50(48)84-2)58-56-38-6-4-8-46(26-38)87(68,69)70/h3-32H,1-2H3,(H,65,66,67)(H,68,69,70)(H,71,72,73)(H,74,75,76)(H,77,78,79)(H,80,81,82). The van der Waals surface area contributed by atoms with Gasteiger partial charge in [0.05, 0.1) is 58.1 Å². The normalized spacial score (nSPS) is 13.1. The Labute approximate surface area is 516 Å². The third kappa shape index (κ3) is 16.5. The van der Waals surface area contributed by atoms with Gasteiger partial charge in [-0.15, -0.1) is 10.2 Å². The van der Waals surface area contributed by atoms with E-state index in [9.17, 15) is 77.8 Å². The number of azo groups is 4. The van der Waals surface area contributed by atoms with Crippen LogP contribution in [0.5, 0.6) is 11.5 Å². The van der Waals surface area contributed by atoms with Crippen LogP contribution in [0.2, 0.25) is 0 Å². The molecular weight excluding hydrogens is 1320 g/mol.